The topological polar surface area (TPSA) is 102 Å². The van der Waals surface area contributed by atoms with Crippen molar-refractivity contribution < 1.29 is 14.3 Å². The lowest BCUT2D eigenvalue weighted by Crippen LogP contribution is -2.40. The minimum Gasteiger partial charge on any atom is -0.376 e. The van der Waals surface area contributed by atoms with Gasteiger partial charge in [0.25, 0.3) is 0 Å². The van der Waals surface area contributed by atoms with Gasteiger partial charge in [-0.05, 0) is 42.3 Å². The number of nitrogens with one attached hydrogen (secondary N) is 1. The summed E-state index contributed by atoms with van der Waals surface area (Å²) in [5.74, 6) is -0.00444. The van der Waals surface area contributed by atoms with Crippen molar-refractivity contribution in [1.29, 1.82) is 0 Å². The van der Waals surface area contributed by atoms with Crippen LogP contribution < -0.4 is 10.2 Å². The summed E-state index contributed by atoms with van der Waals surface area (Å²) in [4.78, 5) is 26.8. The van der Waals surface area contributed by atoms with E-state index in [1.807, 2.05) is 25.1 Å². The molecule has 1 saturated heterocycles. The minimum atomic E-state index is -0.236. The Hall–Kier alpha value is -2.46. The molecule has 0 saturated carbocycles. The average Bonchev–Trinajstić information content (AvgIpc) is 3.31. The number of tetrazole rings is 1. The van der Waals surface area contributed by atoms with Crippen molar-refractivity contribution in [1.82, 2.24) is 20.2 Å². The monoisotopic (exact) mass is 402 g/mol. The van der Waals surface area contributed by atoms with Gasteiger partial charge in [0.15, 0.2) is 0 Å². The van der Waals surface area contributed by atoms with Crippen LogP contribution in [0.4, 0.5) is 11.4 Å². The number of hydrogen-bond donors (Lipinski definition) is 1. The second kappa shape index (κ2) is 8.27. The lowest BCUT2D eigenvalue weighted by molar-refractivity contribution is -0.117. The summed E-state index contributed by atoms with van der Waals surface area (Å²) in [6.07, 6.45) is 2.41. The highest BCUT2D eigenvalue weighted by molar-refractivity contribution is 7.99. The van der Waals surface area contributed by atoms with Crippen molar-refractivity contribution in [3.05, 3.63) is 24.3 Å². The maximum absolute atomic E-state index is 13.0. The highest BCUT2D eigenvalue weighted by Crippen LogP contribution is 2.32. The average molecular weight is 402 g/mol. The molecule has 2 atom stereocenters. The molecule has 0 radical (unpaired) electrons. The molecule has 2 aromatic rings. The molecule has 1 aromatic carbocycles. The summed E-state index contributed by atoms with van der Waals surface area (Å²) in [5.41, 5.74) is 1.36. The number of para-hydroxylation sites is 2. The number of amides is 2. The van der Waals surface area contributed by atoms with Crippen LogP contribution in [0.2, 0.25) is 0 Å². The molecule has 0 aliphatic carbocycles. The van der Waals surface area contributed by atoms with Gasteiger partial charge in [0.1, 0.15) is 0 Å². The molecule has 0 bridgehead atoms. The zero-order valence-corrected chi connectivity index (χ0v) is 16.4. The fraction of sp³-hybridized carbons (Fsp3) is 0.500. The predicted molar refractivity (Wildman–Crippen MR) is 104 cm³/mol. The van der Waals surface area contributed by atoms with Crippen molar-refractivity contribution in [2.45, 2.75) is 50.0 Å². The van der Waals surface area contributed by atoms with Crippen LogP contribution in [0.5, 0.6) is 0 Å². The molecule has 10 heteroatoms. The SMILES string of the molecule is C[C@@H]1CC(=O)Nc2ccccc2N1C(=O)CSc1nnnn1C[C@H]1CCCO1. The van der Waals surface area contributed by atoms with Crippen LogP contribution in [0.1, 0.15) is 26.2 Å². The standard InChI is InChI=1S/C18H22N6O3S/c1-12-9-16(25)19-14-6-2-3-7-15(14)24(12)17(26)11-28-18-20-21-22-23(18)10-13-5-4-8-27-13/h2-3,6-7,12-13H,4-5,8-11H2,1H3,(H,19,25)/t12-,13-/m1/s1. The molecule has 28 heavy (non-hydrogen) atoms. The van der Waals surface area contributed by atoms with E-state index in [1.54, 1.807) is 15.6 Å². The van der Waals surface area contributed by atoms with Crippen molar-refractivity contribution in [3.8, 4) is 0 Å². The van der Waals surface area contributed by atoms with E-state index in [4.69, 9.17) is 4.74 Å². The first kappa shape index (κ1) is 18.9. The van der Waals surface area contributed by atoms with Crippen LogP contribution in [-0.2, 0) is 20.9 Å². The van der Waals surface area contributed by atoms with E-state index in [1.165, 1.54) is 11.8 Å². The maximum atomic E-state index is 13.0. The van der Waals surface area contributed by atoms with Gasteiger partial charge in [-0.25, -0.2) is 4.68 Å². The largest absolute Gasteiger partial charge is 0.376 e. The molecule has 4 rings (SSSR count). The Kier molecular flexibility index (Phi) is 5.58. The smallest absolute Gasteiger partial charge is 0.237 e. The van der Waals surface area contributed by atoms with E-state index >= 15 is 0 Å². The lowest BCUT2D eigenvalue weighted by Gasteiger charge is -2.27. The molecular weight excluding hydrogens is 380 g/mol. The van der Waals surface area contributed by atoms with E-state index in [2.05, 4.69) is 20.8 Å². The van der Waals surface area contributed by atoms with Crippen LogP contribution in [0.3, 0.4) is 0 Å². The highest BCUT2D eigenvalue weighted by Gasteiger charge is 2.30. The van der Waals surface area contributed by atoms with Gasteiger partial charge >= 0.3 is 0 Å². The van der Waals surface area contributed by atoms with Crippen LogP contribution in [-0.4, -0.2) is 56.5 Å². The molecule has 1 aromatic heterocycles. The molecular formula is C18H22N6O3S. The number of nitrogens with zero attached hydrogens (tertiary/aromatic N) is 5. The second-order valence-electron chi connectivity index (χ2n) is 6.95. The Labute approximate surface area is 166 Å². The Morgan fingerprint density at radius 3 is 3.07 bits per heavy atom. The lowest BCUT2D eigenvalue weighted by atomic mass is 10.2. The number of carbonyl (C=O) groups is 2. The number of hydrogen-bond acceptors (Lipinski definition) is 7. The third kappa shape index (κ3) is 4.02. The Morgan fingerprint density at radius 2 is 2.25 bits per heavy atom. The summed E-state index contributed by atoms with van der Waals surface area (Å²) in [6.45, 7) is 3.24. The van der Waals surface area contributed by atoms with Gasteiger partial charge in [-0.3, -0.25) is 9.59 Å². The summed E-state index contributed by atoms with van der Waals surface area (Å²) in [6, 6.07) is 7.12. The molecule has 2 amide bonds. The number of rotatable bonds is 5. The van der Waals surface area contributed by atoms with Crippen molar-refractivity contribution in [2.24, 2.45) is 0 Å². The van der Waals surface area contributed by atoms with Gasteiger partial charge in [-0.2, -0.15) is 0 Å². The van der Waals surface area contributed by atoms with E-state index in [0.29, 0.717) is 23.1 Å². The molecule has 148 valence electrons. The number of fused-ring (bicyclic) bond motifs is 1. The number of benzene rings is 1. The van der Waals surface area contributed by atoms with Crippen molar-refractivity contribution in [3.63, 3.8) is 0 Å². The van der Waals surface area contributed by atoms with E-state index < -0.39 is 0 Å². The second-order valence-corrected chi connectivity index (χ2v) is 7.89. The van der Waals surface area contributed by atoms with Gasteiger partial charge in [-0.15, -0.1) is 5.10 Å². The molecule has 2 aliphatic heterocycles. The third-order valence-corrected chi connectivity index (χ3v) is 5.79. The van der Waals surface area contributed by atoms with E-state index in [-0.39, 0.29) is 36.1 Å². The molecule has 2 aliphatic rings. The minimum absolute atomic E-state index is 0.0897. The number of aromatic nitrogens is 4. The number of carbonyl (C=O) groups excluding carboxylic acids is 2. The summed E-state index contributed by atoms with van der Waals surface area (Å²) in [5, 5.41) is 15.3. The van der Waals surface area contributed by atoms with Gasteiger partial charge in [-0.1, -0.05) is 23.9 Å². The number of anilines is 2. The van der Waals surface area contributed by atoms with Crippen LogP contribution in [0.15, 0.2) is 29.4 Å². The molecule has 1 fully saturated rings. The van der Waals surface area contributed by atoms with Crippen LogP contribution >= 0.6 is 11.8 Å². The quantitative estimate of drug-likeness (QED) is 0.760. The first-order valence-electron chi connectivity index (χ1n) is 9.33. The number of thioether (sulfide) groups is 1. The van der Waals surface area contributed by atoms with Crippen molar-refractivity contribution >= 4 is 35.0 Å². The van der Waals surface area contributed by atoms with Crippen LogP contribution in [0.25, 0.3) is 0 Å². The van der Waals surface area contributed by atoms with Gasteiger partial charge < -0.3 is 15.0 Å². The van der Waals surface area contributed by atoms with Gasteiger partial charge in [0, 0.05) is 19.1 Å². The fourth-order valence-corrected chi connectivity index (χ4v) is 4.31. The normalized spacial score (nSPS) is 21.9. The molecule has 0 spiro atoms. The molecule has 1 N–H and O–H groups in total. The summed E-state index contributed by atoms with van der Waals surface area (Å²) < 4.78 is 7.33. The molecule has 3 heterocycles. The zero-order valence-electron chi connectivity index (χ0n) is 15.6. The first-order valence-corrected chi connectivity index (χ1v) is 10.3. The van der Waals surface area contributed by atoms with E-state index in [0.717, 1.165) is 19.4 Å². The first-order chi connectivity index (χ1) is 13.6. The summed E-state index contributed by atoms with van der Waals surface area (Å²) >= 11 is 1.30. The third-order valence-electron chi connectivity index (χ3n) is 4.85. The Bertz CT molecular complexity index is 867. The molecule has 9 nitrogen and oxygen atoms in total. The van der Waals surface area contributed by atoms with Gasteiger partial charge in [0.05, 0.1) is 29.8 Å². The highest BCUT2D eigenvalue weighted by atomic mass is 32.2. The Balaban J connectivity index is 1.46. The molecule has 0 unspecified atom stereocenters. The van der Waals surface area contributed by atoms with Gasteiger partial charge in [0.2, 0.25) is 17.0 Å². The van der Waals surface area contributed by atoms with Crippen LogP contribution in [0, 0.1) is 0 Å². The van der Waals surface area contributed by atoms with Crippen molar-refractivity contribution in [2.75, 3.05) is 22.6 Å². The zero-order chi connectivity index (χ0) is 19.5. The predicted octanol–water partition coefficient (Wildman–Crippen LogP) is 1.71. The summed E-state index contributed by atoms with van der Waals surface area (Å²) in [7, 11) is 0. The maximum Gasteiger partial charge on any atom is 0.237 e. The Morgan fingerprint density at radius 1 is 1.39 bits per heavy atom. The van der Waals surface area contributed by atoms with E-state index in [9.17, 15) is 9.59 Å². The fourth-order valence-electron chi connectivity index (χ4n) is 3.56. The number of ether oxygens (including phenoxy) is 1.